The fourth-order valence-electron chi connectivity index (χ4n) is 2.50. The molecule has 0 amide bonds. The fourth-order valence-corrected chi connectivity index (χ4v) is 2.50. The molecule has 0 heterocycles. The number of hydrogen-bond acceptors (Lipinski definition) is 2. The summed E-state index contributed by atoms with van der Waals surface area (Å²) in [6.45, 7) is 2.14. The molecule has 0 radical (unpaired) electrons. The van der Waals surface area contributed by atoms with Crippen molar-refractivity contribution in [2.45, 2.75) is 39.0 Å². The smallest absolute Gasteiger partial charge is 0.335 e. The Balaban J connectivity index is 2.31. The number of unbranched alkanes of at least 4 members (excludes halogenated alkanes) is 1. The Labute approximate surface area is 113 Å². The summed E-state index contributed by atoms with van der Waals surface area (Å²) < 4.78 is 0. The van der Waals surface area contributed by atoms with Gasteiger partial charge in [-0.15, -0.1) is 0 Å². The van der Waals surface area contributed by atoms with Crippen LogP contribution in [0.15, 0.2) is 29.8 Å². The SMILES string of the molecule is CCCCC1=C(c2ccc(C(=O)O)cc2)C(=O)CC1. The first kappa shape index (κ1) is 13.5. The van der Waals surface area contributed by atoms with Crippen LogP contribution in [0.3, 0.4) is 0 Å². The molecule has 0 unspecified atom stereocenters. The molecule has 3 nitrogen and oxygen atoms in total. The van der Waals surface area contributed by atoms with Gasteiger partial charge in [-0.1, -0.05) is 31.1 Å². The lowest BCUT2D eigenvalue weighted by Crippen LogP contribution is -1.99. The van der Waals surface area contributed by atoms with Gasteiger partial charge in [0, 0.05) is 12.0 Å². The Morgan fingerprint density at radius 3 is 2.47 bits per heavy atom. The van der Waals surface area contributed by atoms with Gasteiger partial charge in [0.15, 0.2) is 5.78 Å². The van der Waals surface area contributed by atoms with Gasteiger partial charge in [0.05, 0.1) is 5.56 Å². The maximum Gasteiger partial charge on any atom is 0.335 e. The van der Waals surface area contributed by atoms with E-state index in [1.165, 1.54) is 5.57 Å². The molecule has 19 heavy (non-hydrogen) atoms. The Bertz CT molecular complexity index is 523. The number of Topliss-reactive ketones (excluding diaryl/α,β-unsaturated/α-hetero) is 1. The van der Waals surface area contributed by atoms with Crippen LogP contribution in [-0.2, 0) is 4.79 Å². The highest BCUT2D eigenvalue weighted by Crippen LogP contribution is 2.34. The van der Waals surface area contributed by atoms with E-state index >= 15 is 0 Å². The summed E-state index contributed by atoms with van der Waals surface area (Å²) in [5.41, 5.74) is 3.17. The molecule has 1 aliphatic rings. The number of carboxylic acid groups (broad SMARTS) is 1. The third-order valence-corrected chi connectivity index (χ3v) is 3.54. The number of aromatic carboxylic acids is 1. The number of allylic oxidation sites excluding steroid dienone is 2. The zero-order valence-electron chi connectivity index (χ0n) is 11.1. The third-order valence-electron chi connectivity index (χ3n) is 3.54. The molecule has 100 valence electrons. The van der Waals surface area contributed by atoms with E-state index < -0.39 is 5.97 Å². The van der Waals surface area contributed by atoms with Gasteiger partial charge in [0.2, 0.25) is 0 Å². The molecule has 0 atom stereocenters. The Morgan fingerprint density at radius 2 is 1.89 bits per heavy atom. The maximum atomic E-state index is 12.0. The average molecular weight is 258 g/mol. The van der Waals surface area contributed by atoms with Crippen molar-refractivity contribution in [3.63, 3.8) is 0 Å². The van der Waals surface area contributed by atoms with E-state index in [2.05, 4.69) is 6.92 Å². The van der Waals surface area contributed by atoms with Gasteiger partial charge < -0.3 is 5.11 Å². The highest BCUT2D eigenvalue weighted by Gasteiger charge is 2.23. The predicted molar refractivity (Wildman–Crippen MR) is 74.1 cm³/mol. The van der Waals surface area contributed by atoms with Crippen LogP contribution in [-0.4, -0.2) is 16.9 Å². The molecule has 0 fully saturated rings. The van der Waals surface area contributed by atoms with Crippen molar-refractivity contribution in [3.05, 3.63) is 41.0 Å². The van der Waals surface area contributed by atoms with Crippen molar-refractivity contribution in [2.75, 3.05) is 0 Å². The van der Waals surface area contributed by atoms with Crippen molar-refractivity contribution in [2.24, 2.45) is 0 Å². The number of ketones is 1. The van der Waals surface area contributed by atoms with Crippen molar-refractivity contribution in [3.8, 4) is 0 Å². The normalized spacial score (nSPS) is 15.1. The number of carbonyl (C=O) groups excluding carboxylic acids is 1. The highest BCUT2D eigenvalue weighted by atomic mass is 16.4. The molecule has 1 aliphatic carbocycles. The quantitative estimate of drug-likeness (QED) is 0.876. The Morgan fingerprint density at radius 1 is 1.21 bits per heavy atom. The van der Waals surface area contributed by atoms with Crippen molar-refractivity contribution >= 4 is 17.3 Å². The van der Waals surface area contributed by atoms with Crippen molar-refractivity contribution in [1.29, 1.82) is 0 Å². The second kappa shape index (κ2) is 5.83. The van der Waals surface area contributed by atoms with Crippen LogP contribution >= 0.6 is 0 Å². The van der Waals surface area contributed by atoms with Crippen molar-refractivity contribution < 1.29 is 14.7 Å². The summed E-state index contributed by atoms with van der Waals surface area (Å²) >= 11 is 0. The number of benzene rings is 1. The molecule has 1 aromatic rings. The van der Waals surface area contributed by atoms with Gasteiger partial charge in [-0.05, 0) is 37.0 Å². The van der Waals surface area contributed by atoms with Gasteiger partial charge in [-0.2, -0.15) is 0 Å². The molecule has 0 aliphatic heterocycles. The minimum atomic E-state index is -0.940. The molecule has 0 saturated carbocycles. The second-order valence-electron chi connectivity index (χ2n) is 4.89. The average Bonchev–Trinajstić information content (AvgIpc) is 2.77. The molecule has 0 aromatic heterocycles. The standard InChI is InChI=1S/C16H18O3/c1-2-3-4-11-9-10-14(17)15(11)12-5-7-13(8-6-12)16(18)19/h5-8H,2-4,9-10H2,1H3,(H,18,19). The van der Waals surface area contributed by atoms with Gasteiger partial charge in [0.25, 0.3) is 0 Å². The summed E-state index contributed by atoms with van der Waals surface area (Å²) in [5.74, 6) is -0.751. The van der Waals surface area contributed by atoms with E-state index in [9.17, 15) is 9.59 Å². The third kappa shape index (κ3) is 2.92. The summed E-state index contributed by atoms with van der Waals surface area (Å²) in [7, 11) is 0. The molecular formula is C16H18O3. The lowest BCUT2D eigenvalue weighted by Gasteiger charge is -2.07. The molecule has 0 spiro atoms. The summed E-state index contributed by atoms with van der Waals surface area (Å²) in [5, 5.41) is 8.88. The van der Waals surface area contributed by atoms with Crippen LogP contribution in [0.25, 0.3) is 5.57 Å². The van der Waals surface area contributed by atoms with Crippen LogP contribution in [0.4, 0.5) is 0 Å². The molecule has 0 saturated heterocycles. The van der Waals surface area contributed by atoms with Crippen molar-refractivity contribution in [1.82, 2.24) is 0 Å². The number of hydrogen-bond donors (Lipinski definition) is 1. The first-order chi connectivity index (χ1) is 9.13. The fraction of sp³-hybridized carbons (Fsp3) is 0.375. The monoisotopic (exact) mass is 258 g/mol. The number of rotatable bonds is 5. The van der Waals surface area contributed by atoms with E-state index in [1.54, 1.807) is 24.3 Å². The zero-order valence-corrected chi connectivity index (χ0v) is 11.1. The van der Waals surface area contributed by atoms with Crippen LogP contribution in [0.1, 0.15) is 54.9 Å². The predicted octanol–water partition coefficient (Wildman–Crippen LogP) is 3.69. The van der Waals surface area contributed by atoms with Crippen LogP contribution < -0.4 is 0 Å². The first-order valence-corrected chi connectivity index (χ1v) is 6.72. The lowest BCUT2D eigenvalue weighted by molar-refractivity contribution is -0.113. The number of carboxylic acids is 1. The molecule has 2 rings (SSSR count). The van der Waals surface area contributed by atoms with Crippen LogP contribution in [0.2, 0.25) is 0 Å². The molecule has 0 bridgehead atoms. The van der Waals surface area contributed by atoms with Crippen LogP contribution in [0.5, 0.6) is 0 Å². The van der Waals surface area contributed by atoms with E-state index in [1.807, 2.05) is 0 Å². The summed E-state index contributed by atoms with van der Waals surface area (Å²) in [6.07, 6.45) is 4.63. The zero-order chi connectivity index (χ0) is 13.8. The Hall–Kier alpha value is -1.90. The number of carbonyl (C=O) groups is 2. The molecule has 1 N–H and O–H groups in total. The highest BCUT2D eigenvalue weighted by molar-refractivity contribution is 6.23. The Kier molecular flexibility index (Phi) is 4.15. The minimum Gasteiger partial charge on any atom is -0.478 e. The topological polar surface area (TPSA) is 54.4 Å². The molecular weight excluding hydrogens is 240 g/mol. The minimum absolute atomic E-state index is 0.189. The second-order valence-corrected chi connectivity index (χ2v) is 4.89. The van der Waals surface area contributed by atoms with E-state index in [4.69, 9.17) is 5.11 Å². The summed E-state index contributed by atoms with van der Waals surface area (Å²) in [6, 6.07) is 6.61. The van der Waals surface area contributed by atoms with E-state index in [0.29, 0.717) is 6.42 Å². The maximum absolute atomic E-state index is 12.0. The van der Waals surface area contributed by atoms with Gasteiger partial charge in [0.1, 0.15) is 0 Å². The summed E-state index contributed by atoms with van der Waals surface area (Å²) in [4.78, 5) is 22.8. The lowest BCUT2D eigenvalue weighted by atomic mass is 9.97. The largest absolute Gasteiger partial charge is 0.478 e. The van der Waals surface area contributed by atoms with Gasteiger partial charge in [-0.25, -0.2) is 4.79 Å². The van der Waals surface area contributed by atoms with E-state index in [-0.39, 0.29) is 11.3 Å². The first-order valence-electron chi connectivity index (χ1n) is 6.72. The van der Waals surface area contributed by atoms with Crippen LogP contribution in [0, 0.1) is 0 Å². The van der Waals surface area contributed by atoms with E-state index in [0.717, 1.165) is 36.8 Å². The van der Waals surface area contributed by atoms with Gasteiger partial charge in [-0.3, -0.25) is 4.79 Å². The molecule has 3 heteroatoms. The van der Waals surface area contributed by atoms with Gasteiger partial charge >= 0.3 is 5.97 Å². The molecule has 1 aromatic carbocycles.